The molecule has 3 aromatic rings. The van der Waals surface area contributed by atoms with Crippen molar-refractivity contribution in [3.63, 3.8) is 0 Å². The number of aromatic nitrogens is 4. The van der Waals surface area contributed by atoms with Crippen LogP contribution in [0.15, 0.2) is 30.6 Å². The van der Waals surface area contributed by atoms with Crippen molar-refractivity contribution >= 4 is 17.1 Å². The minimum absolute atomic E-state index is 0.267. The summed E-state index contributed by atoms with van der Waals surface area (Å²) in [7, 11) is 1.90. The number of likely N-dealkylation sites (tertiary alicyclic amines) is 1. The Morgan fingerprint density at radius 1 is 1.30 bits per heavy atom. The molecule has 1 saturated heterocycles. The van der Waals surface area contributed by atoms with Crippen molar-refractivity contribution in [1.29, 1.82) is 0 Å². The second kappa shape index (κ2) is 7.43. The van der Waals surface area contributed by atoms with Crippen LogP contribution >= 0.6 is 0 Å². The second-order valence-electron chi connectivity index (χ2n) is 9.14. The van der Waals surface area contributed by atoms with E-state index in [9.17, 15) is 4.79 Å². The second-order valence-corrected chi connectivity index (χ2v) is 9.14. The fourth-order valence-electron chi connectivity index (χ4n) is 4.06. The van der Waals surface area contributed by atoms with Crippen molar-refractivity contribution in [2.45, 2.75) is 44.6 Å². The number of carbonyl (C=O) groups excluding carboxylic acids is 1. The summed E-state index contributed by atoms with van der Waals surface area (Å²) in [5.41, 5.74) is 9.45. The van der Waals surface area contributed by atoms with E-state index in [0.717, 1.165) is 40.8 Å². The Kier molecular flexibility index (Phi) is 5.05. The number of aryl methyl sites for hydroxylation is 1. The highest BCUT2D eigenvalue weighted by molar-refractivity contribution is 5.91. The van der Waals surface area contributed by atoms with Crippen LogP contribution in [0.1, 0.15) is 39.4 Å². The van der Waals surface area contributed by atoms with Crippen LogP contribution in [-0.2, 0) is 17.2 Å². The van der Waals surface area contributed by atoms with Crippen molar-refractivity contribution in [2.24, 2.45) is 12.8 Å². The smallest absolute Gasteiger partial charge is 0.410 e. The molecule has 0 bridgehead atoms. The molecule has 1 amide bonds. The maximum atomic E-state index is 12.4. The zero-order valence-electron chi connectivity index (χ0n) is 18.1. The van der Waals surface area contributed by atoms with E-state index < -0.39 is 5.60 Å². The van der Waals surface area contributed by atoms with Gasteiger partial charge in [-0.15, -0.1) is 0 Å². The molecule has 4 rings (SSSR count). The Hall–Kier alpha value is -2.87. The lowest BCUT2D eigenvalue weighted by Crippen LogP contribution is -2.50. The summed E-state index contributed by atoms with van der Waals surface area (Å²) in [4.78, 5) is 22.7. The number of amides is 1. The number of para-hydroxylation sites is 1. The lowest BCUT2D eigenvalue weighted by Gasteiger charge is -2.40. The SMILES string of the molecule is Cn1cc(-c2cccc3[nH]c(C4(CN)CCN(C(=O)OC(C)(C)C)CC4)nc23)cn1. The topological polar surface area (TPSA) is 102 Å². The number of nitrogens with two attached hydrogens (primary N) is 1. The Labute approximate surface area is 176 Å². The van der Waals surface area contributed by atoms with E-state index in [4.69, 9.17) is 15.5 Å². The fourth-order valence-corrected chi connectivity index (χ4v) is 4.06. The van der Waals surface area contributed by atoms with E-state index >= 15 is 0 Å². The molecule has 1 aromatic carbocycles. The molecule has 30 heavy (non-hydrogen) atoms. The number of benzene rings is 1. The molecule has 0 unspecified atom stereocenters. The molecule has 1 fully saturated rings. The minimum Gasteiger partial charge on any atom is -0.444 e. The van der Waals surface area contributed by atoms with E-state index in [1.54, 1.807) is 9.58 Å². The summed E-state index contributed by atoms with van der Waals surface area (Å²) in [5.74, 6) is 0.889. The van der Waals surface area contributed by atoms with Crippen molar-refractivity contribution in [1.82, 2.24) is 24.6 Å². The Morgan fingerprint density at radius 2 is 2.03 bits per heavy atom. The number of H-pyrrole nitrogens is 1. The number of imidazole rings is 1. The van der Waals surface area contributed by atoms with Gasteiger partial charge in [0.1, 0.15) is 11.4 Å². The normalized spacial score (nSPS) is 16.8. The highest BCUT2D eigenvalue weighted by Crippen LogP contribution is 2.36. The van der Waals surface area contributed by atoms with E-state index in [-0.39, 0.29) is 11.5 Å². The summed E-state index contributed by atoms with van der Waals surface area (Å²) < 4.78 is 7.31. The molecule has 0 radical (unpaired) electrons. The van der Waals surface area contributed by atoms with Crippen LogP contribution in [0.2, 0.25) is 0 Å². The van der Waals surface area contributed by atoms with Gasteiger partial charge in [-0.3, -0.25) is 4.68 Å². The number of nitrogens with zero attached hydrogens (tertiary/aromatic N) is 4. The van der Waals surface area contributed by atoms with Gasteiger partial charge in [0.25, 0.3) is 0 Å². The Balaban J connectivity index is 1.61. The van der Waals surface area contributed by atoms with Gasteiger partial charge in [-0.25, -0.2) is 9.78 Å². The van der Waals surface area contributed by atoms with Gasteiger partial charge in [0, 0.05) is 49.4 Å². The van der Waals surface area contributed by atoms with Gasteiger partial charge in [0.05, 0.1) is 17.2 Å². The predicted octanol–water partition coefficient (Wildman–Crippen LogP) is 3.19. The van der Waals surface area contributed by atoms with Crippen molar-refractivity contribution in [3.05, 3.63) is 36.4 Å². The van der Waals surface area contributed by atoms with E-state index in [0.29, 0.717) is 19.6 Å². The molecule has 1 aliphatic rings. The van der Waals surface area contributed by atoms with Crippen molar-refractivity contribution < 1.29 is 9.53 Å². The lowest BCUT2D eigenvalue weighted by atomic mass is 9.77. The minimum atomic E-state index is -0.499. The van der Waals surface area contributed by atoms with Crippen LogP contribution in [0.25, 0.3) is 22.2 Å². The van der Waals surface area contributed by atoms with Gasteiger partial charge in [-0.05, 0) is 39.7 Å². The van der Waals surface area contributed by atoms with Gasteiger partial charge >= 0.3 is 6.09 Å². The first-order valence-electron chi connectivity index (χ1n) is 10.4. The molecular formula is C22H30N6O2. The molecular weight excluding hydrogens is 380 g/mol. The number of carbonyl (C=O) groups is 1. The molecule has 2 aromatic heterocycles. The van der Waals surface area contributed by atoms with Crippen LogP contribution in [0.5, 0.6) is 0 Å². The molecule has 1 aliphatic heterocycles. The Bertz CT molecular complexity index is 1050. The number of nitrogens with one attached hydrogen (secondary N) is 1. The molecule has 8 heteroatoms. The largest absolute Gasteiger partial charge is 0.444 e. The summed E-state index contributed by atoms with van der Waals surface area (Å²) in [6.45, 7) is 7.31. The third kappa shape index (κ3) is 3.79. The number of hydrogen-bond donors (Lipinski definition) is 2. The van der Waals surface area contributed by atoms with Crippen LogP contribution in [0, 0.1) is 0 Å². The van der Waals surface area contributed by atoms with E-state index in [2.05, 4.69) is 16.1 Å². The maximum Gasteiger partial charge on any atom is 0.410 e. The Morgan fingerprint density at radius 3 is 2.63 bits per heavy atom. The molecule has 0 spiro atoms. The van der Waals surface area contributed by atoms with E-state index in [1.165, 1.54) is 0 Å². The molecule has 3 heterocycles. The standard InChI is InChI=1S/C22H30N6O2/c1-21(2,3)30-20(29)28-10-8-22(14-23,9-11-28)19-25-17-7-5-6-16(18(17)26-19)15-12-24-27(4)13-15/h5-7,12-13H,8-11,14,23H2,1-4H3,(H,25,26). The molecule has 0 atom stereocenters. The number of piperidine rings is 1. The molecule has 0 saturated carbocycles. The predicted molar refractivity (Wildman–Crippen MR) is 116 cm³/mol. The van der Waals surface area contributed by atoms with Gasteiger partial charge < -0.3 is 20.4 Å². The summed E-state index contributed by atoms with van der Waals surface area (Å²) in [6.07, 6.45) is 5.05. The fraction of sp³-hybridized carbons (Fsp3) is 0.500. The number of fused-ring (bicyclic) bond motifs is 1. The van der Waals surface area contributed by atoms with Crippen LogP contribution in [0.4, 0.5) is 4.79 Å². The maximum absolute atomic E-state index is 12.4. The monoisotopic (exact) mass is 410 g/mol. The van der Waals surface area contributed by atoms with Gasteiger partial charge in [0.15, 0.2) is 0 Å². The molecule has 8 nitrogen and oxygen atoms in total. The first kappa shape index (κ1) is 20.4. The third-order valence-corrected chi connectivity index (χ3v) is 5.79. The third-order valence-electron chi connectivity index (χ3n) is 5.79. The van der Waals surface area contributed by atoms with E-state index in [1.807, 2.05) is 52.3 Å². The first-order valence-corrected chi connectivity index (χ1v) is 10.4. The summed E-state index contributed by atoms with van der Waals surface area (Å²) >= 11 is 0. The zero-order chi connectivity index (χ0) is 21.5. The highest BCUT2D eigenvalue weighted by Gasteiger charge is 2.40. The van der Waals surface area contributed by atoms with Crippen molar-refractivity contribution in [2.75, 3.05) is 19.6 Å². The number of hydrogen-bond acceptors (Lipinski definition) is 5. The summed E-state index contributed by atoms with van der Waals surface area (Å²) in [5, 5.41) is 4.29. The number of ether oxygens (including phenoxy) is 1. The lowest BCUT2D eigenvalue weighted by molar-refractivity contribution is 0.0163. The molecule has 160 valence electrons. The van der Waals surface area contributed by atoms with Crippen LogP contribution < -0.4 is 5.73 Å². The average Bonchev–Trinajstić information content (AvgIpc) is 3.33. The first-order chi connectivity index (χ1) is 14.2. The van der Waals surface area contributed by atoms with Gasteiger partial charge in [-0.1, -0.05) is 12.1 Å². The summed E-state index contributed by atoms with van der Waals surface area (Å²) in [6, 6.07) is 6.11. The number of rotatable bonds is 3. The van der Waals surface area contributed by atoms with Gasteiger partial charge in [0.2, 0.25) is 0 Å². The van der Waals surface area contributed by atoms with Crippen LogP contribution in [-0.4, -0.2) is 56.0 Å². The van der Waals surface area contributed by atoms with Crippen molar-refractivity contribution in [3.8, 4) is 11.1 Å². The zero-order valence-corrected chi connectivity index (χ0v) is 18.1. The quantitative estimate of drug-likeness (QED) is 0.690. The molecule has 0 aliphatic carbocycles. The average molecular weight is 411 g/mol. The van der Waals surface area contributed by atoms with Gasteiger partial charge in [-0.2, -0.15) is 5.10 Å². The number of aromatic amines is 1. The molecule has 3 N–H and O–H groups in total. The highest BCUT2D eigenvalue weighted by atomic mass is 16.6. The van der Waals surface area contributed by atoms with Crippen LogP contribution in [0.3, 0.4) is 0 Å².